The van der Waals surface area contributed by atoms with Gasteiger partial charge in [0.1, 0.15) is 19.0 Å². The summed E-state index contributed by atoms with van der Waals surface area (Å²) in [6, 6.07) is 7.55. The molecule has 0 aliphatic carbocycles. The Labute approximate surface area is 156 Å². The number of carbonyl (C=O) groups is 2. The van der Waals surface area contributed by atoms with Crippen molar-refractivity contribution in [2.75, 3.05) is 46.6 Å². The molecule has 0 fully saturated rings. The Kier molecular flexibility index (Phi) is 15.3. The number of amides is 1. The van der Waals surface area contributed by atoms with Crippen molar-refractivity contribution in [1.82, 2.24) is 10.6 Å². The molecule has 0 spiro atoms. The maximum absolute atomic E-state index is 11.4. The van der Waals surface area contributed by atoms with Crippen LogP contribution in [-0.2, 0) is 25.6 Å². The molecule has 0 bridgehead atoms. The van der Waals surface area contributed by atoms with E-state index in [1.807, 2.05) is 38.1 Å². The monoisotopic (exact) mass is 368 g/mol. The number of nitrogens with one attached hydrogen (secondary N) is 2. The topological polar surface area (TPSA) is 85.9 Å². The van der Waals surface area contributed by atoms with E-state index in [0.29, 0.717) is 39.5 Å². The van der Waals surface area contributed by atoms with Crippen molar-refractivity contribution in [3.63, 3.8) is 0 Å². The fourth-order valence-corrected chi connectivity index (χ4v) is 1.82. The van der Waals surface area contributed by atoms with Crippen LogP contribution in [0, 0.1) is 0 Å². The number of likely N-dealkylation sites (N-methyl/N-ethyl adjacent to an activating group) is 1. The summed E-state index contributed by atoms with van der Waals surface area (Å²) in [5.74, 6) is 0.677. The summed E-state index contributed by atoms with van der Waals surface area (Å²) in [6.07, 6.45) is 0. The molecule has 1 aromatic rings. The minimum Gasteiger partial charge on any atom is -0.491 e. The molecular weight excluding hydrogens is 336 g/mol. The Hall–Kier alpha value is -1.96. The van der Waals surface area contributed by atoms with Crippen LogP contribution in [0.3, 0.4) is 0 Å². The third-order valence-corrected chi connectivity index (χ3v) is 2.90. The summed E-state index contributed by atoms with van der Waals surface area (Å²) in [5, 5.41) is 5.61. The molecule has 1 rings (SSSR count). The summed E-state index contributed by atoms with van der Waals surface area (Å²) in [4.78, 5) is 22.1. The molecule has 0 saturated heterocycles. The molecule has 0 aliphatic rings. The van der Waals surface area contributed by atoms with Crippen LogP contribution in [0.2, 0.25) is 0 Å². The molecule has 0 heterocycles. The van der Waals surface area contributed by atoms with E-state index in [9.17, 15) is 9.59 Å². The third kappa shape index (κ3) is 13.3. The fourth-order valence-electron chi connectivity index (χ4n) is 1.82. The van der Waals surface area contributed by atoms with Gasteiger partial charge in [-0.1, -0.05) is 26.0 Å². The first kappa shape index (κ1) is 24.0. The first-order chi connectivity index (χ1) is 12.6. The molecule has 1 amide bonds. The summed E-state index contributed by atoms with van der Waals surface area (Å²) >= 11 is 0. The van der Waals surface area contributed by atoms with Gasteiger partial charge in [0.15, 0.2) is 5.78 Å². The van der Waals surface area contributed by atoms with Crippen LogP contribution in [-0.4, -0.2) is 58.3 Å². The fraction of sp³-hybridized carbons (Fsp3) is 0.579. The lowest BCUT2D eigenvalue weighted by Gasteiger charge is -2.09. The number of benzene rings is 1. The average molecular weight is 368 g/mol. The van der Waals surface area contributed by atoms with Crippen molar-refractivity contribution in [3.05, 3.63) is 29.8 Å². The van der Waals surface area contributed by atoms with Gasteiger partial charge in [-0.2, -0.15) is 0 Å². The summed E-state index contributed by atoms with van der Waals surface area (Å²) < 4.78 is 16.0. The molecule has 0 aliphatic heterocycles. The van der Waals surface area contributed by atoms with Crippen LogP contribution in [0.1, 0.15) is 26.3 Å². The Bertz CT molecular complexity index is 508. The maximum Gasteiger partial charge on any atom is 0.234 e. The number of carbonyl (C=O) groups excluding carboxylic acids is 2. The second-order valence-electron chi connectivity index (χ2n) is 5.17. The average Bonchev–Trinajstić information content (AvgIpc) is 2.64. The van der Waals surface area contributed by atoms with Gasteiger partial charge >= 0.3 is 0 Å². The van der Waals surface area contributed by atoms with Crippen LogP contribution < -0.4 is 15.4 Å². The first-order valence-corrected chi connectivity index (χ1v) is 8.89. The van der Waals surface area contributed by atoms with Crippen LogP contribution in [0.15, 0.2) is 24.3 Å². The van der Waals surface area contributed by atoms with E-state index in [2.05, 4.69) is 10.6 Å². The highest BCUT2D eigenvalue weighted by molar-refractivity contribution is 5.78. The SMILES string of the molecule is CC.CNCC(=O)NCc1cccc(OCCOCCOCC(C)=O)c1. The first-order valence-electron chi connectivity index (χ1n) is 8.89. The summed E-state index contributed by atoms with van der Waals surface area (Å²) in [7, 11) is 1.73. The van der Waals surface area contributed by atoms with Crippen molar-refractivity contribution in [2.24, 2.45) is 0 Å². The number of hydrogen-bond acceptors (Lipinski definition) is 6. The van der Waals surface area contributed by atoms with Crippen LogP contribution in [0.25, 0.3) is 0 Å². The van der Waals surface area contributed by atoms with Gasteiger partial charge < -0.3 is 24.8 Å². The summed E-state index contributed by atoms with van der Waals surface area (Å²) in [6.45, 7) is 8.03. The Morgan fingerprint density at radius 3 is 2.42 bits per heavy atom. The highest BCUT2D eigenvalue weighted by Crippen LogP contribution is 2.13. The molecule has 26 heavy (non-hydrogen) atoms. The lowest BCUT2D eigenvalue weighted by atomic mass is 10.2. The van der Waals surface area contributed by atoms with Gasteiger partial charge in [-0.25, -0.2) is 0 Å². The van der Waals surface area contributed by atoms with Gasteiger partial charge in [0.2, 0.25) is 5.91 Å². The van der Waals surface area contributed by atoms with E-state index in [-0.39, 0.29) is 18.3 Å². The lowest BCUT2D eigenvalue weighted by molar-refractivity contribution is -0.122. The molecule has 7 heteroatoms. The number of Topliss-reactive ketones (excluding diaryl/α,β-unsaturated/α-hetero) is 1. The molecule has 0 aromatic heterocycles. The number of ketones is 1. The summed E-state index contributed by atoms with van der Waals surface area (Å²) in [5.41, 5.74) is 0.968. The predicted molar refractivity (Wildman–Crippen MR) is 101 cm³/mol. The molecule has 0 atom stereocenters. The van der Waals surface area contributed by atoms with Gasteiger partial charge in [0.05, 0.1) is 26.4 Å². The number of hydrogen-bond donors (Lipinski definition) is 2. The largest absolute Gasteiger partial charge is 0.491 e. The normalized spacial score (nSPS) is 9.85. The molecule has 148 valence electrons. The zero-order chi connectivity index (χ0) is 19.6. The Balaban J connectivity index is 0.00000301. The van der Waals surface area contributed by atoms with Crippen molar-refractivity contribution in [3.8, 4) is 5.75 Å². The predicted octanol–water partition coefficient (Wildman–Crippen LogP) is 1.55. The van der Waals surface area contributed by atoms with Gasteiger partial charge in [-0.3, -0.25) is 9.59 Å². The molecule has 2 N–H and O–H groups in total. The van der Waals surface area contributed by atoms with Crippen LogP contribution in [0.5, 0.6) is 5.75 Å². The van der Waals surface area contributed by atoms with Gasteiger partial charge in [0, 0.05) is 6.54 Å². The molecule has 0 unspecified atom stereocenters. The second kappa shape index (κ2) is 16.5. The van der Waals surface area contributed by atoms with Gasteiger partial charge in [-0.05, 0) is 31.7 Å². The van der Waals surface area contributed by atoms with Gasteiger partial charge in [0.25, 0.3) is 0 Å². The van der Waals surface area contributed by atoms with Crippen LogP contribution >= 0.6 is 0 Å². The maximum atomic E-state index is 11.4. The Morgan fingerprint density at radius 1 is 1.04 bits per heavy atom. The van der Waals surface area contributed by atoms with Crippen molar-refractivity contribution in [1.29, 1.82) is 0 Å². The Morgan fingerprint density at radius 2 is 1.73 bits per heavy atom. The van der Waals surface area contributed by atoms with Crippen LogP contribution in [0.4, 0.5) is 0 Å². The van der Waals surface area contributed by atoms with Crippen molar-refractivity contribution >= 4 is 11.7 Å². The van der Waals surface area contributed by atoms with E-state index in [1.165, 1.54) is 6.92 Å². The lowest BCUT2D eigenvalue weighted by Crippen LogP contribution is -2.31. The van der Waals surface area contributed by atoms with E-state index in [0.717, 1.165) is 11.3 Å². The second-order valence-corrected chi connectivity index (χ2v) is 5.17. The number of rotatable bonds is 13. The highest BCUT2D eigenvalue weighted by Gasteiger charge is 2.01. The molecule has 0 saturated carbocycles. The molecule has 1 aromatic carbocycles. The zero-order valence-electron chi connectivity index (χ0n) is 16.3. The highest BCUT2D eigenvalue weighted by atomic mass is 16.5. The molecule has 0 radical (unpaired) electrons. The standard InChI is InChI=1S/C17H26N2O5.C2H6/c1-14(20)13-23-7-6-22-8-9-24-16-5-3-4-15(10-16)11-19-17(21)12-18-2;1-2/h3-5,10,18H,6-9,11-13H2,1-2H3,(H,19,21);1-2H3. The minimum atomic E-state index is -0.0517. The molecular formula is C19H32N2O5. The van der Waals surface area contributed by atoms with E-state index >= 15 is 0 Å². The van der Waals surface area contributed by atoms with Crippen molar-refractivity contribution < 1.29 is 23.8 Å². The van der Waals surface area contributed by atoms with E-state index in [1.54, 1.807) is 7.05 Å². The minimum absolute atomic E-state index is 0.000335. The third-order valence-electron chi connectivity index (χ3n) is 2.90. The zero-order valence-corrected chi connectivity index (χ0v) is 16.3. The van der Waals surface area contributed by atoms with Crippen molar-refractivity contribution in [2.45, 2.75) is 27.3 Å². The van der Waals surface area contributed by atoms with E-state index < -0.39 is 0 Å². The quantitative estimate of drug-likeness (QED) is 0.514. The number of ether oxygens (including phenoxy) is 3. The smallest absolute Gasteiger partial charge is 0.234 e. The molecule has 7 nitrogen and oxygen atoms in total. The van der Waals surface area contributed by atoms with E-state index in [4.69, 9.17) is 14.2 Å². The van der Waals surface area contributed by atoms with Gasteiger partial charge in [-0.15, -0.1) is 0 Å².